The van der Waals surface area contributed by atoms with E-state index >= 15 is 0 Å². The topological polar surface area (TPSA) is 58.2 Å². The van der Waals surface area contributed by atoms with Crippen LogP contribution in [0.1, 0.15) is 19.3 Å². The molecule has 2 N–H and O–H groups in total. The molecule has 2 rings (SSSR count). The lowest BCUT2D eigenvalue weighted by molar-refractivity contribution is 0.442. The van der Waals surface area contributed by atoms with Crippen molar-refractivity contribution in [1.29, 1.82) is 0 Å². The molecule has 1 unspecified atom stereocenters. The molecule has 1 aliphatic carbocycles. The lowest BCUT2D eigenvalue weighted by Gasteiger charge is -2.18. The standard InChI is InChI=1S/C15H22N2O2S/c18-20(19,15-9-5-2-6-10-15)17-12-11-16-13-14-7-3-1-4-8-14/h1-3,5-6,9-10,14,16-17H,4,7-8,11-13H2. The molecule has 0 radical (unpaired) electrons. The van der Waals surface area contributed by atoms with Gasteiger partial charge in [0.05, 0.1) is 4.90 Å². The highest BCUT2D eigenvalue weighted by Crippen LogP contribution is 2.16. The quantitative estimate of drug-likeness (QED) is 0.596. The summed E-state index contributed by atoms with van der Waals surface area (Å²) in [5.74, 6) is 0.686. The predicted molar refractivity (Wildman–Crippen MR) is 81.0 cm³/mol. The first-order valence-electron chi connectivity index (χ1n) is 7.09. The molecule has 0 spiro atoms. The lowest BCUT2D eigenvalue weighted by atomic mass is 9.94. The minimum Gasteiger partial charge on any atom is -0.315 e. The first-order chi connectivity index (χ1) is 9.68. The van der Waals surface area contributed by atoms with E-state index in [-0.39, 0.29) is 0 Å². The van der Waals surface area contributed by atoms with Crippen LogP contribution in [-0.2, 0) is 10.0 Å². The molecule has 0 aliphatic heterocycles. The van der Waals surface area contributed by atoms with Crippen LogP contribution in [-0.4, -0.2) is 28.1 Å². The third kappa shape index (κ3) is 4.74. The van der Waals surface area contributed by atoms with Crippen LogP contribution in [0.2, 0.25) is 0 Å². The first-order valence-corrected chi connectivity index (χ1v) is 8.57. The van der Waals surface area contributed by atoms with Crippen molar-refractivity contribution < 1.29 is 8.42 Å². The number of rotatable bonds is 7. The Labute approximate surface area is 121 Å². The summed E-state index contributed by atoms with van der Waals surface area (Å²) in [6, 6.07) is 8.46. The highest BCUT2D eigenvalue weighted by atomic mass is 32.2. The summed E-state index contributed by atoms with van der Waals surface area (Å²) in [4.78, 5) is 0.317. The highest BCUT2D eigenvalue weighted by molar-refractivity contribution is 7.89. The van der Waals surface area contributed by atoms with Crippen molar-refractivity contribution in [2.24, 2.45) is 5.92 Å². The van der Waals surface area contributed by atoms with E-state index in [0.717, 1.165) is 19.4 Å². The van der Waals surface area contributed by atoms with Gasteiger partial charge in [0.25, 0.3) is 0 Å². The molecule has 0 saturated carbocycles. The van der Waals surface area contributed by atoms with Gasteiger partial charge in [0.15, 0.2) is 0 Å². The summed E-state index contributed by atoms with van der Waals surface area (Å²) >= 11 is 0. The number of benzene rings is 1. The Balaban J connectivity index is 1.67. The highest BCUT2D eigenvalue weighted by Gasteiger charge is 2.12. The van der Waals surface area contributed by atoms with Crippen LogP contribution in [0, 0.1) is 5.92 Å². The molecule has 0 heterocycles. The normalized spacial score (nSPS) is 19.1. The fourth-order valence-corrected chi connectivity index (χ4v) is 3.36. The van der Waals surface area contributed by atoms with Crippen molar-refractivity contribution in [2.45, 2.75) is 24.2 Å². The van der Waals surface area contributed by atoms with Gasteiger partial charge in [-0.05, 0) is 43.9 Å². The van der Waals surface area contributed by atoms with Crippen molar-refractivity contribution in [3.63, 3.8) is 0 Å². The average molecular weight is 294 g/mol. The van der Waals surface area contributed by atoms with E-state index in [4.69, 9.17) is 0 Å². The molecule has 0 fully saturated rings. The Morgan fingerprint density at radius 1 is 1.10 bits per heavy atom. The molecule has 1 aromatic rings. The average Bonchev–Trinajstić information content (AvgIpc) is 2.49. The van der Waals surface area contributed by atoms with Gasteiger partial charge in [0.1, 0.15) is 0 Å². The molecule has 0 amide bonds. The Hall–Kier alpha value is -1.17. The summed E-state index contributed by atoms with van der Waals surface area (Å²) in [5.41, 5.74) is 0. The SMILES string of the molecule is O=S(=O)(NCCNCC1CC=CCC1)c1ccccc1. The van der Waals surface area contributed by atoms with E-state index in [0.29, 0.717) is 23.9 Å². The third-order valence-electron chi connectivity index (χ3n) is 3.46. The van der Waals surface area contributed by atoms with E-state index < -0.39 is 10.0 Å². The van der Waals surface area contributed by atoms with E-state index in [1.165, 1.54) is 6.42 Å². The molecule has 4 nitrogen and oxygen atoms in total. The van der Waals surface area contributed by atoms with Crippen LogP contribution in [0.3, 0.4) is 0 Å². The van der Waals surface area contributed by atoms with Gasteiger partial charge in [0, 0.05) is 13.1 Å². The van der Waals surface area contributed by atoms with Crippen molar-refractivity contribution in [3.05, 3.63) is 42.5 Å². The van der Waals surface area contributed by atoms with Gasteiger partial charge < -0.3 is 5.32 Å². The van der Waals surface area contributed by atoms with Crippen LogP contribution in [0.15, 0.2) is 47.4 Å². The smallest absolute Gasteiger partial charge is 0.240 e. The van der Waals surface area contributed by atoms with Crippen LogP contribution in [0.5, 0.6) is 0 Å². The molecule has 0 aromatic heterocycles. The molecule has 110 valence electrons. The maximum absolute atomic E-state index is 11.9. The monoisotopic (exact) mass is 294 g/mol. The lowest BCUT2D eigenvalue weighted by Crippen LogP contribution is -2.34. The van der Waals surface area contributed by atoms with E-state index in [2.05, 4.69) is 22.2 Å². The van der Waals surface area contributed by atoms with Gasteiger partial charge in [0.2, 0.25) is 10.0 Å². The maximum Gasteiger partial charge on any atom is 0.240 e. The summed E-state index contributed by atoms with van der Waals surface area (Å²) in [5, 5.41) is 3.32. The zero-order valence-corrected chi connectivity index (χ0v) is 12.4. The molecule has 20 heavy (non-hydrogen) atoms. The Morgan fingerprint density at radius 2 is 1.90 bits per heavy atom. The van der Waals surface area contributed by atoms with Crippen molar-refractivity contribution >= 4 is 10.0 Å². The zero-order valence-electron chi connectivity index (χ0n) is 11.6. The maximum atomic E-state index is 11.9. The largest absolute Gasteiger partial charge is 0.315 e. The number of hydrogen-bond donors (Lipinski definition) is 2. The fourth-order valence-electron chi connectivity index (χ4n) is 2.30. The second-order valence-corrected chi connectivity index (χ2v) is 6.83. The number of hydrogen-bond acceptors (Lipinski definition) is 3. The van der Waals surface area contributed by atoms with Gasteiger partial charge >= 0.3 is 0 Å². The number of sulfonamides is 1. The van der Waals surface area contributed by atoms with E-state index in [1.807, 2.05) is 0 Å². The minimum atomic E-state index is -3.37. The Bertz CT molecular complexity index is 526. The van der Waals surface area contributed by atoms with Gasteiger partial charge in [-0.2, -0.15) is 0 Å². The Kier molecular flexibility index (Phi) is 5.76. The number of nitrogens with one attached hydrogen (secondary N) is 2. The molecule has 0 bridgehead atoms. The molecular weight excluding hydrogens is 272 g/mol. The third-order valence-corrected chi connectivity index (χ3v) is 4.93. The van der Waals surface area contributed by atoms with Crippen LogP contribution in [0.25, 0.3) is 0 Å². The minimum absolute atomic E-state index is 0.317. The van der Waals surface area contributed by atoms with E-state index in [1.54, 1.807) is 30.3 Å². The second kappa shape index (κ2) is 7.57. The van der Waals surface area contributed by atoms with Gasteiger partial charge in [-0.1, -0.05) is 30.4 Å². The molecule has 1 aliphatic rings. The number of allylic oxidation sites excluding steroid dienone is 2. The molecule has 5 heteroatoms. The summed E-state index contributed by atoms with van der Waals surface area (Å²) in [6.45, 7) is 2.03. The van der Waals surface area contributed by atoms with Gasteiger partial charge in [-0.15, -0.1) is 0 Å². The van der Waals surface area contributed by atoms with E-state index in [9.17, 15) is 8.42 Å². The Morgan fingerprint density at radius 3 is 2.60 bits per heavy atom. The summed E-state index contributed by atoms with van der Waals surface area (Å²) < 4.78 is 26.5. The second-order valence-electron chi connectivity index (χ2n) is 5.07. The summed E-state index contributed by atoms with van der Waals surface area (Å²) in [7, 11) is -3.37. The fraction of sp³-hybridized carbons (Fsp3) is 0.467. The van der Waals surface area contributed by atoms with Gasteiger partial charge in [-0.3, -0.25) is 0 Å². The van der Waals surface area contributed by atoms with Crippen LogP contribution >= 0.6 is 0 Å². The van der Waals surface area contributed by atoms with Crippen LogP contribution < -0.4 is 10.0 Å². The molecule has 1 atom stereocenters. The zero-order chi connectivity index (χ0) is 14.3. The van der Waals surface area contributed by atoms with Crippen molar-refractivity contribution in [3.8, 4) is 0 Å². The summed E-state index contributed by atoms with van der Waals surface area (Å²) in [6.07, 6.45) is 7.97. The van der Waals surface area contributed by atoms with Crippen molar-refractivity contribution in [2.75, 3.05) is 19.6 Å². The predicted octanol–water partition coefficient (Wildman–Crippen LogP) is 1.91. The molecule has 1 aromatic carbocycles. The van der Waals surface area contributed by atoms with Gasteiger partial charge in [-0.25, -0.2) is 13.1 Å². The molecule has 0 saturated heterocycles. The van der Waals surface area contributed by atoms with Crippen LogP contribution in [0.4, 0.5) is 0 Å². The first kappa shape index (κ1) is 15.2. The molecular formula is C15H22N2O2S. The van der Waals surface area contributed by atoms with Crippen molar-refractivity contribution in [1.82, 2.24) is 10.0 Å².